The lowest BCUT2D eigenvalue weighted by Crippen LogP contribution is -2.44. The van der Waals surface area contributed by atoms with Gasteiger partial charge in [-0.15, -0.1) is 0 Å². The van der Waals surface area contributed by atoms with Gasteiger partial charge in [-0.2, -0.15) is 5.26 Å². The van der Waals surface area contributed by atoms with Crippen LogP contribution in [0.25, 0.3) is 0 Å². The Morgan fingerprint density at radius 2 is 1.90 bits per heavy atom. The Balaban J connectivity index is 2.41. The van der Waals surface area contributed by atoms with Crippen LogP contribution >= 0.6 is 0 Å². The molecule has 1 aliphatic carbocycles. The van der Waals surface area contributed by atoms with E-state index in [0.717, 1.165) is 44.9 Å². The fourth-order valence-electron chi connectivity index (χ4n) is 3.53. The zero-order valence-corrected chi connectivity index (χ0v) is 13.7. The third-order valence-corrected chi connectivity index (χ3v) is 4.88. The van der Waals surface area contributed by atoms with Crippen molar-refractivity contribution >= 4 is 0 Å². The van der Waals surface area contributed by atoms with Gasteiger partial charge < -0.3 is 4.90 Å². The van der Waals surface area contributed by atoms with E-state index >= 15 is 0 Å². The zero-order valence-electron chi connectivity index (χ0n) is 13.7. The quantitative estimate of drug-likeness (QED) is 0.699. The van der Waals surface area contributed by atoms with Gasteiger partial charge in [0.25, 0.3) is 0 Å². The second kappa shape index (κ2) is 9.37. The minimum absolute atomic E-state index is 0.305. The van der Waals surface area contributed by atoms with Crippen LogP contribution in [0, 0.1) is 11.3 Å². The van der Waals surface area contributed by atoms with Gasteiger partial charge in [-0.1, -0.05) is 40.0 Å². The van der Waals surface area contributed by atoms with Crippen molar-refractivity contribution in [2.75, 3.05) is 19.6 Å². The van der Waals surface area contributed by atoms with Crippen LogP contribution in [0.2, 0.25) is 0 Å². The van der Waals surface area contributed by atoms with Crippen molar-refractivity contribution in [3.8, 4) is 6.07 Å². The molecule has 20 heavy (non-hydrogen) atoms. The van der Waals surface area contributed by atoms with Gasteiger partial charge >= 0.3 is 0 Å². The lowest BCUT2D eigenvalue weighted by molar-refractivity contribution is 0.157. The van der Waals surface area contributed by atoms with Crippen LogP contribution < -0.4 is 5.32 Å². The van der Waals surface area contributed by atoms with E-state index in [4.69, 9.17) is 0 Å². The number of hydrogen-bond acceptors (Lipinski definition) is 3. The van der Waals surface area contributed by atoms with Crippen LogP contribution in [0.3, 0.4) is 0 Å². The summed E-state index contributed by atoms with van der Waals surface area (Å²) in [7, 11) is 0. The summed E-state index contributed by atoms with van der Waals surface area (Å²) in [4.78, 5) is 2.64. The maximum absolute atomic E-state index is 9.45. The SMILES string of the molecule is CCNC(C#N)(CC)CCCN(CC)C1CCCCC1. The molecule has 1 rings (SSSR count). The molecule has 1 aliphatic rings. The summed E-state index contributed by atoms with van der Waals surface area (Å²) in [5.41, 5.74) is -0.305. The molecule has 1 saturated carbocycles. The van der Waals surface area contributed by atoms with Crippen LogP contribution in [-0.4, -0.2) is 36.1 Å². The van der Waals surface area contributed by atoms with Crippen molar-refractivity contribution in [3.05, 3.63) is 0 Å². The highest BCUT2D eigenvalue weighted by molar-refractivity contribution is 5.06. The second-order valence-corrected chi connectivity index (χ2v) is 6.10. The molecular weight excluding hydrogens is 246 g/mol. The smallest absolute Gasteiger partial charge is 0.106 e. The van der Waals surface area contributed by atoms with Crippen molar-refractivity contribution in [3.63, 3.8) is 0 Å². The first-order valence-corrected chi connectivity index (χ1v) is 8.61. The normalized spacial score (nSPS) is 19.8. The number of nitriles is 1. The largest absolute Gasteiger partial charge is 0.301 e. The van der Waals surface area contributed by atoms with E-state index in [2.05, 4.69) is 37.1 Å². The van der Waals surface area contributed by atoms with Gasteiger partial charge in [0, 0.05) is 6.04 Å². The number of rotatable bonds is 9. The first kappa shape index (κ1) is 17.5. The summed E-state index contributed by atoms with van der Waals surface area (Å²) in [6.45, 7) is 9.65. The third-order valence-electron chi connectivity index (χ3n) is 4.88. The molecule has 0 aliphatic heterocycles. The lowest BCUT2D eigenvalue weighted by Gasteiger charge is -2.34. The molecule has 0 bridgehead atoms. The Hall–Kier alpha value is -0.590. The predicted octanol–water partition coefficient (Wildman–Crippen LogP) is 3.70. The van der Waals surface area contributed by atoms with Gasteiger partial charge in [0.05, 0.1) is 6.07 Å². The van der Waals surface area contributed by atoms with Gasteiger partial charge in [-0.25, -0.2) is 0 Å². The molecule has 0 aromatic rings. The lowest BCUT2D eigenvalue weighted by atomic mass is 9.90. The molecule has 0 heterocycles. The van der Waals surface area contributed by atoms with Crippen LogP contribution in [0.5, 0.6) is 0 Å². The first-order chi connectivity index (χ1) is 9.71. The van der Waals surface area contributed by atoms with Crippen LogP contribution in [0.15, 0.2) is 0 Å². The molecule has 0 spiro atoms. The van der Waals surface area contributed by atoms with Crippen LogP contribution in [-0.2, 0) is 0 Å². The molecule has 1 N–H and O–H groups in total. The Kier molecular flexibility index (Phi) is 8.18. The maximum Gasteiger partial charge on any atom is 0.106 e. The molecule has 0 aromatic heterocycles. The topological polar surface area (TPSA) is 39.1 Å². The highest BCUT2D eigenvalue weighted by Crippen LogP contribution is 2.24. The summed E-state index contributed by atoms with van der Waals surface area (Å²) in [5, 5.41) is 12.8. The summed E-state index contributed by atoms with van der Waals surface area (Å²) >= 11 is 0. The summed E-state index contributed by atoms with van der Waals surface area (Å²) in [5.74, 6) is 0. The highest BCUT2D eigenvalue weighted by Gasteiger charge is 2.27. The fraction of sp³-hybridized carbons (Fsp3) is 0.941. The van der Waals surface area contributed by atoms with Gasteiger partial charge in [-0.3, -0.25) is 5.32 Å². The average molecular weight is 279 g/mol. The Bertz CT molecular complexity index is 291. The molecule has 0 saturated heterocycles. The summed E-state index contributed by atoms with van der Waals surface area (Å²) in [6.07, 6.45) is 9.95. The van der Waals surface area contributed by atoms with Crippen LogP contribution in [0.4, 0.5) is 0 Å². The van der Waals surface area contributed by atoms with Gasteiger partial charge in [0.2, 0.25) is 0 Å². The molecule has 1 atom stereocenters. The molecule has 3 heteroatoms. The minimum Gasteiger partial charge on any atom is -0.301 e. The number of nitrogens with zero attached hydrogens (tertiary/aromatic N) is 2. The number of hydrogen-bond donors (Lipinski definition) is 1. The van der Waals surface area contributed by atoms with Crippen molar-refractivity contribution in [2.24, 2.45) is 0 Å². The molecular formula is C17H33N3. The van der Waals surface area contributed by atoms with E-state index in [1.807, 2.05) is 0 Å². The van der Waals surface area contributed by atoms with Gasteiger partial charge in [-0.05, 0) is 51.7 Å². The summed E-state index contributed by atoms with van der Waals surface area (Å²) in [6, 6.07) is 3.31. The van der Waals surface area contributed by atoms with E-state index in [1.54, 1.807) is 0 Å². The van der Waals surface area contributed by atoms with E-state index in [1.165, 1.54) is 32.1 Å². The van der Waals surface area contributed by atoms with Crippen molar-refractivity contribution in [1.29, 1.82) is 5.26 Å². The molecule has 0 aromatic carbocycles. The third kappa shape index (κ3) is 5.07. The maximum atomic E-state index is 9.45. The molecule has 116 valence electrons. The van der Waals surface area contributed by atoms with Crippen molar-refractivity contribution in [1.82, 2.24) is 10.2 Å². The molecule has 1 fully saturated rings. The van der Waals surface area contributed by atoms with Gasteiger partial charge in [0.15, 0.2) is 0 Å². The Morgan fingerprint density at radius 1 is 1.20 bits per heavy atom. The Labute approximate surface area is 125 Å². The second-order valence-electron chi connectivity index (χ2n) is 6.10. The standard InChI is InChI=1S/C17H33N3/c1-4-17(15-18,19-5-2)13-10-14-20(6-3)16-11-8-7-9-12-16/h16,19H,4-14H2,1-3H3. The zero-order chi connectivity index (χ0) is 14.8. The van der Waals surface area contributed by atoms with E-state index in [-0.39, 0.29) is 5.54 Å². The summed E-state index contributed by atoms with van der Waals surface area (Å²) < 4.78 is 0. The molecule has 0 amide bonds. The molecule has 0 radical (unpaired) electrons. The average Bonchev–Trinajstić information content (AvgIpc) is 2.51. The molecule has 3 nitrogen and oxygen atoms in total. The van der Waals surface area contributed by atoms with Crippen LogP contribution in [0.1, 0.15) is 72.1 Å². The monoisotopic (exact) mass is 279 g/mol. The Morgan fingerprint density at radius 3 is 2.40 bits per heavy atom. The van der Waals surface area contributed by atoms with E-state index < -0.39 is 0 Å². The van der Waals surface area contributed by atoms with Crippen molar-refractivity contribution in [2.45, 2.75) is 83.7 Å². The predicted molar refractivity (Wildman–Crippen MR) is 85.7 cm³/mol. The van der Waals surface area contributed by atoms with E-state index in [0.29, 0.717) is 0 Å². The van der Waals surface area contributed by atoms with E-state index in [9.17, 15) is 5.26 Å². The molecule has 1 unspecified atom stereocenters. The minimum atomic E-state index is -0.305. The highest BCUT2D eigenvalue weighted by atomic mass is 15.1. The number of nitrogens with one attached hydrogen (secondary N) is 1. The van der Waals surface area contributed by atoms with Gasteiger partial charge in [0.1, 0.15) is 5.54 Å². The fourth-order valence-corrected chi connectivity index (χ4v) is 3.53. The first-order valence-electron chi connectivity index (χ1n) is 8.61. The van der Waals surface area contributed by atoms with Crippen molar-refractivity contribution < 1.29 is 0 Å².